The molecule has 0 saturated carbocycles. The van der Waals surface area contributed by atoms with Crippen LogP contribution in [0.25, 0.3) is 0 Å². The molecule has 2 atom stereocenters. The highest BCUT2D eigenvalue weighted by atomic mass is 16.5. The molecule has 0 aliphatic heterocycles. The van der Waals surface area contributed by atoms with Crippen molar-refractivity contribution in [3.05, 3.63) is 59.7 Å². The van der Waals surface area contributed by atoms with Crippen LogP contribution in [0.15, 0.2) is 48.5 Å². The van der Waals surface area contributed by atoms with E-state index < -0.39 is 6.10 Å². The first-order valence-corrected chi connectivity index (χ1v) is 8.22. The maximum Gasteiger partial charge on any atom is 0.261 e. The van der Waals surface area contributed by atoms with Gasteiger partial charge in [-0.15, -0.1) is 0 Å². The van der Waals surface area contributed by atoms with Gasteiger partial charge in [-0.1, -0.05) is 43.3 Å². The predicted molar refractivity (Wildman–Crippen MR) is 95.4 cm³/mol. The first-order valence-electron chi connectivity index (χ1n) is 8.22. The van der Waals surface area contributed by atoms with Crippen molar-refractivity contribution in [2.45, 2.75) is 39.3 Å². The van der Waals surface area contributed by atoms with Crippen LogP contribution in [0.2, 0.25) is 0 Å². The number of methoxy groups -OCH3 is 1. The van der Waals surface area contributed by atoms with Crippen LogP contribution in [0.3, 0.4) is 0 Å². The Kier molecular flexibility index (Phi) is 6.24. The summed E-state index contributed by atoms with van der Waals surface area (Å²) < 4.78 is 11.3. The number of para-hydroxylation sites is 2. The number of nitrogens with one attached hydrogen (secondary N) is 1. The second-order valence-corrected chi connectivity index (χ2v) is 5.75. The zero-order valence-corrected chi connectivity index (χ0v) is 14.7. The van der Waals surface area contributed by atoms with Crippen molar-refractivity contribution >= 4 is 5.91 Å². The maximum atomic E-state index is 12.6. The Morgan fingerprint density at radius 1 is 1.08 bits per heavy atom. The van der Waals surface area contributed by atoms with Gasteiger partial charge in [0.05, 0.1) is 13.2 Å². The molecule has 24 heavy (non-hydrogen) atoms. The average molecular weight is 327 g/mol. The molecule has 0 bridgehead atoms. The van der Waals surface area contributed by atoms with E-state index in [1.807, 2.05) is 69.3 Å². The third kappa shape index (κ3) is 4.28. The lowest BCUT2D eigenvalue weighted by Gasteiger charge is -2.22. The lowest BCUT2D eigenvalue weighted by atomic mass is 10.1. The normalized spacial score (nSPS) is 13.0. The van der Waals surface area contributed by atoms with Crippen LogP contribution in [0.5, 0.6) is 11.5 Å². The fourth-order valence-electron chi connectivity index (χ4n) is 2.57. The van der Waals surface area contributed by atoms with E-state index in [9.17, 15) is 4.79 Å². The zero-order chi connectivity index (χ0) is 17.5. The number of carbonyl (C=O) groups is 1. The van der Waals surface area contributed by atoms with Gasteiger partial charge < -0.3 is 14.8 Å². The molecule has 4 heteroatoms. The van der Waals surface area contributed by atoms with Crippen LogP contribution in [-0.2, 0) is 4.79 Å². The quantitative estimate of drug-likeness (QED) is 0.835. The third-order valence-corrected chi connectivity index (χ3v) is 3.99. The second-order valence-electron chi connectivity index (χ2n) is 5.75. The Labute approximate surface area is 143 Å². The molecule has 0 radical (unpaired) electrons. The van der Waals surface area contributed by atoms with E-state index in [0.717, 1.165) is 22.6 Å². The van der Waals surface area contributed by atoms with Crippen LogP contribution >= 0.6 is 0 Å². The van der Waals surface area contributed by atoms with E-state index in [2.05, 4.69) is 5.32 Å². The molecule has 4 nitrogen and oxygen atoms in total. The summed E-state index contributed by atoms with van der Waals surface area (Å²) in [6, 6.07) is 15.2. The van der Waals surface area contributed by atoms with E-state index in [4.69, 9.17) is 9.47 Å². The first-order chi connectivity index (χ1) is 11.6. The minimum absolute atomic E-state index is 0.126. The summed E-state index contributed by atoms with van der Waals surface area (Å²) in [5, 5.41) is 3.02. The summed E-state index contributed by atoms with van der Waals surface area (Å²) in [6.45, 7) is 5.85. The molecule has 0 spiro atoms. The molecule has 2 rings (SSSR count). The summed E-state index contributed by atoms with van der Waals surface area (Å²) in [6.07, 6.45) is 0.0713. The van der Waals surface area contributed by atoms with Gasteiger partial charge in [0.25, 0.3) is 5.91 Å². The molecule has 0 aliphatic carbocycles. The Morgan fingerprint density at radius 3 is 2.33 bits per heavy atom. The smallest absolute Gasteiger partial charge is 0.261 e. The van der Waals surface area contributed by atoms with Crippen molar-refractivity contribution in [3.8, 4) is 11.5 Å². The van der Waals surface area contributed by atoms with Crippen LogP contribution in [0.4, 0.5) is 0 Å². The lowest BCUT2D eigenvalue weighted by molar-refractivity contribution is -0.128. The second kappa shape index (κ2) is 8.39. The highest BCUT2D eigenvalue weighted by molar-refractivity contribution is 5.81. The number of benzene rings is 2. The van der Waals surface area contributed by atoms with Crippen LogP contribution in [0, 0.1) is 6.92 Å². The molecule has 0 unspecified atom stereocenters. The molecular formula is C20H25NO3. The fraction of sp³-hybridized carbons (Fsp3) is 0.350. The van der Waals surface area contributed by atoms with Crippen molar-refractivity contribution in [2.75, 3.05) is 7.11 Å². The topological polar surface area (TPSA) is 47.6 Å². The minimum atomic E-state index is -0.525. The molecule has 0 fully saturated rings. The number of ether oxygens (including phenoxy) is 2. The molecule has 0 heterocycles. The third-order valence-electron chi connectivity index (χ3n) is 3.99. The number of rotatable bonds is 7. The summed E-state index contributed by atoms with van der Waals surface area (Å²) >= 11 is 0. The number of hydrogen-bond donors (Lipinski definition) is 1. The largest absolute Gasteiger partial charge is 0.496 e. The van der Waals surface area contributed by atoms with E-state index in [-0.39, 0.29) is 11.9 Å². The summed E-state index contributed by atoms with van der Waals surface area (Å²) in [7, 11) is 1.63. The summed E-state index contributed by atoms with van der Waals surface area (Å²) in [4.78, 5) is 12.6. The van der Waals surface area contributed by atoms with E-state index in [1.165, 1.54) is 0 Å². The molecule has 2 aromatic carbocycles. The van der Waals surface area contributed by atoms with Gasteiger partial charge in [-0.2, -0.15) is 0 Å². The van der Waals surface area contributed by atoms with E-state index in [1.54, 1.807) is 7.11 Å². The summed E-state index contributed by atoms with van der Waals surface area (Å²) in [5.41, 5.74) is 1.96. The molecule has 0 aromatic heterocycles. The van der Waals surface area contributed by atoms with Gasteiger partial charge in [-0.3, -0.25) is 4.79 Å². The van der Waals surface area contributed by atoms with Crippen molar-refractivity contribution in [1.82, 2.24) is 5.32 Å². The maximum absolute atomic E-state index is 12.6. The minimum Gasteiger partial charge on any atom is -0.496 e. The van der Waals surface area contributed by atoms with Gasteiger partial charge >= 0.3 is 0 Å². The predicted octanol–water partition coefficient (Wildman–Crippen LogP) is 4.04. The highest BCUT2D eigenvalue weighted by Gasteiger charge is 2.22. The molecule has 1 amide bonds. The van der Waals surface area contributed by atoms with Gasteiger partial charge in [-0.25, -0.2) is 0 Å². The fourth-order valence-corrected chi connectivity index (χ4v) is 2.57. The van der Waals surface area contributed by atoms with E-state index >= 15 is 0 Å². The molecule has 0 saturated heterocycles. The Morgan fingerprint density at radius 2 is 1.71 bits per heavy atom. The molecule has 128 valence electrons. The van der Waals surface area contributed by atoms with Crippen LogP contribution < -0.4 is 14.8 Å². The SMILES string of the molecule is CC[C@H](Oc1ccccc1C)C(=O)N[C@H](C)c1ccccc1OC. The van der Waals surface area contributed by atoms with Gasteiger partial charge in [0.1, 0.15) is 11.5 Å². The number of carbonyl (C=O) groups excluding carboxylic acids is 1. The zero-order valence-electron chi connectivity index (χ0n) is 14.7. The van der Waals surface area contributed by atoms with Crippen molar-refractivity contribution in [1.29, 1.82) is 0 Å². The number of amides is 1. The van der Waals surface area contributed by atoms with Gasteiger partial charge in [-0.05, 0) is 38.0 Å². The van der Waals surface area contributed by atoms with Crippen molar-refractivity contribution in [2.24, 2.45) is 0 Å². The first kappa shape index (κ1) is 17.9. The highest BCUT2D eigenvalue weighted by Crippen LogP contribution is 2.25. The lowest BCUT2D eigenvalue weighted by Crippen LogP contribution is -2.39. The van der Waals surface area contributed by atoms with E-state index in [0.29, 0.717) is 6.42 Å². The number of aryl methyl sites for hydroxylation is 1. The van der Waals surface area contributed by atoms with Gasteiger partial charge in [0.15, 0.2) is 6.10 Å². The summed E-state index contributed by atoms with van der Waals surface area (Å²) in [5.74, 6) is 1.38. The Balaban J connectivity index is 2.07. The van der Waals surface area contributed by atoms with Crippen molar-refractivity contribution in [3.63, 3.8) is 0 Å². The molecule has 2 aromatic rings. The molecule has 0 aliphatic rings. The Hall–Kier alpha value is -2.49. The van der Waals surface area contributed by atoms with Crippen LogP contribution in [0.1, 0.15) is 37.4 Å². The molecule has 1 N–H and O–H groups in total. The molecular weight excluding hydrogens is 302 g/mol. The number of hydrogen-bond acceptors (Lipinski definition) is 3. The monoisotopic (exact) mass is 327 g/mol. The van der Waals surface area contributed by atoms with Gasteiger partial charge in [0.2, 0.25) is 0 Å². The standard InChI is InChI=1S/C20H25NO3/c1-5-17(24-18-12-8-6-10-14(18)2)20(22)21-15(3)16-11-7-9-13-19(16)23-4/h6-13,15,17H,5H2,1-4H3,(H,21,22)/t15-,17+/m1/s1. The Bertz CT molecular complexity index is 684. The van der Waals surface area contributed by atoms with Crippen LogP contribution in [-0.4, -0.2) is 19.1 Å². The average Bonchev–Trinajstić information content (AvgIpc) is 2.60. The van der Waals surface area contributed by atoms with Crippen molar-refractivity contribution < 1.29 is 14.3 Å². The van der Waals surface area contributed by atoms with Gasteiger partial charge in [0, 0.05) is 5.56 Å².